The first-order chi connectivity index (χ1) is 16.3. The van der Waals surface area contributed by atoms with E-state index in [4.69, 9.17) is 9.47 Å². The number of hydrogen-bond donors (Lipinski definition) is 1. The van der Waals surface area contributed by atoms with Crippen molar-refractivity contribution in [2.24, 2.45) is 0 Å². The fourth-order valence-corrected chi connectivity index (χ4v) is 4.14. The molecule has 0 unspecified atom stereocenters. The van der Waals surface area contributed by atoms with Gasteiger partial charge < -0.3 is 9.47 Å². The summed E-state index contributed by atoms with van der Waals surface area (Å²) in [6, 6.07) is 16.6. The highest BCUT2D eigenvalue weighted by atomic mass is 32.2. The van der Waals surface area contributed by atoms with Crippen LogP contribution < -0.4 is 14.8 Å². The van der Waals surface area contributed by atoms with Crippen LogP contribution in [0, 0.1) is 18.3 Å². The molecule has 1 aromatic heterocycles. The molecule has 3 rings (SSSR count). The molecular weight excluding hydrogens is 476 g/mol. The number of para-hydroxylation sites is 1. The molecule has 0 radical (unpaired) electrons. The topological polar surface area (TPSA) is 131 Å². The van der Waals surface area contributed by atoms with Gasteiger partial charge >= 0.3 is 0 Å². The third-order valence-corrected chi connectivity index (χ3v) is 6.02. The maximum atomic E-state index is 12.4. The minimum Gasteiger partial charge on any atom is -0.493 e. The lowest BCUT2D eigenvalue weighted by Gasteiger charge is -2.10. The molecule has 0 saturated carbocycles. The number of benzene rings is 2. The number of carbonyl (C=O) groups excluding carboxylic acids is 1. The Hall–Kier alpha value is -3.75. The Balaban J connectivity index is 1.51. The van der Waals surface area contributed by atoms with Gasteiger partial charge in [-0.3, -0.25) is 10.1 Å². The molecular formula is C23H22N4O5S2. The maximum absolute atomic E-state index is 12.4. The van der Waals surface area contributed by atoms with Gasteiger partial charge in [0.2, 0.25) is 15.0 Å². The summed E-state index contributed by atoms with van der Waals surface area (Å²) in [5.41, 5.74) is 1.54. The number of aromatic nitrogens is 2. The van der Waals surface area contributed by atoms with Crippen LogP contribution in [-0.2, 0) is 14.6 Å². The summed E-state index contributed by atoms with van der Waals surface area (Å²) in [6.45, 7) is 3.01. The third-order valence-electron chi connectivity index (χ3n) is 4.42. The number of nitrogens with zero attached hydrogens (tertiary/aromatic N) is 3. The molecule has 0 aliphatic heterocycles. The molecule has 0 atom stereocenters. The molecule has 11 heteroatoms. The van der Waals surface area contributed by atoms with Crippen LogP contribution in [0.15, 0.2) is 59.3 Å². The van der Waals surface area contributed by atoms with Crippen molar-refractivity contribution >= 4 is 38.5 Å². The van der Waals surface area contributed by atoms with E-state index in [1.165, 1.54) is 6.08 Å². The fraction of sp³-hybridized carbons (Fsp3) is 0.217. The summed E-state index contributed by atoms with van der Waals surface area (Å²) in [5.74, 6) is 0.795. The number of sulfone groups is 1. The molecule has 9 nitrogen and oxygen atoms in total. The molecule has 3 aromatic rings. The molecule has 0 saturated heterocycles. The zero-order chi connectivity index (χ0) is 24.6. The molecule has 0 bridgehead atoms. The number of nitriles is 1. The third kappa shape index (κ3) is 7.13. The maximum Gasteiger partial charge on any atom is 0.268 e. The molecule has 2 aromatic carbocycles. The molecule has 0 aliphatic carbocycles. The Morgan fingerprint density at radius 3 is 2.50 bits per heavy atom. The van der Waals surface area contributed by atoms with E-state index >= 15 is 0 Å². The van der Waals surface area contributed by atoms with Crippen LogP contribution in [0.3, 0.4) is 0 Å². The molecule has 0 aliphatic rings. The predicted octanol–water partition coefficient (Wildman–Crippen LogP) is 3.64. The number of nitrogens with one attached hydrogen (secondary N) is 1. The highest BCUT2D eigenvalue weighted by molar-refractivity contribution is 7.90. The van der Waals surface area contributed by atoms with Gasteiger partial charge in [-0.05, 0) is 42.3 Å². The highest BCUT2D eigenvalue weighted by Gasteiger charge is 2.17. The van der Waals surface area contributed by atoms with E-state index < -0.39 is 15.7 Å². The lowest BCUT2D eigenvalue weighted by atomic mass is 10.1. The van der Waals surface area contributed by atoms with Crippen LogP contribution in [-0.4, -0.2) is 43.2 Å². The fourth-order valence-electron chi connectivity index (χ4n) is 2.70. The first-order valence-electron chi connectivity index (χ1n) is 10.1. The van der Waals surface area contributed by atoms with Gasteiger partial charge in [0.1, 0.15) is 23.1 Å². The lowest BCUT2D eigenvalue weighted by molar-refractivity contribution is -0.112. The van der Waals surface area contributed by atoms with E-state index in [9.17, 15) is 18.5 Å². The van der Waals surface area contributed by atoms with Gasteiger partial charge in [0.05, 0.1) is 13.2 Å². The minimum absolute atomic E-state index is 0.0123. The number of amides is 1. The first kappa shape index (κ1) is 24.9. The van der Waals surface area contributed by atoms with E-state index in [-0.39, 0.29) is 15.9 Å². The van der Waals surface area contributed by atoms with Crippen molar-refractivity contribution in [2.45, 2.75) is 18.5 Å². The van der Waals surface area contributed by atoms with Gasteiger partial charge in [0, 0.05) is 24.2 Å². The Kier molecular flexibility index (Phi) is 8.34. The van der Waals surface area contributed by atoms with Crippen molar-refractivity contribution in [1.82, 2.24) is 9.36 Å². The molecule has 0 fully saturated rings. The Bertz CT molecular complexity index is 1330. The zero-order valence-corrected chi connectivity index (χ0v) is 20.1. The Labute approximate surface area is 201 Å². The van der Waals surface area contributed by atoms with E-state index in [1.54, 1.807) is 24.3 Å². The first-order valence-corrected chi connectivity index (χ1v) is 12.8. The number of anilines is 1. The van der Waals surface area contributed by atoms with Crippen molar-refractivity contribution in [3.05, 3.63) is 65.2 Å². The number of carbonyl (C=O) groups is 1. The van der Waals surface area contributed by atoms with Crippen LogP contribution in [0.4, 0.5) is 5.13 Å². The quantitative estimate of drug-likeness (QED) is 0.255. The summed E-state index contributed by atoms with van der Waals surface area (Å²) in [5, 5.41) is 11.3. The van der Waals surface area contributed by atoms with Gasteiger partial charge in [-0.1, -0.05) is 30.3 Å². The summed E-state index contributed by atoms with van der Waals surface area (Å²) in [7, 11) is -3.58. The standard InChI is InChI=1S/C23H22N4O5S2/c1-16-6-3-4-7-20(16)32-13-5-12-31-19-10-8-17(9-11-19)14-18(15-24)21(28)25-22-26-23(27-33-22)34(2,29)30/h3-4,6-11,14H,5,12-13H2,1-2H3,(H,25,26,27,28)/b18-14-. The molecule has 1 heterocycles. The van der Waals surface area contributed by atoms with Crippen LogP contribution in [0.2, 0.25) is 0 Å². The van der Waals surface area contributed by atoms with Crippen molar-refractivity contribution in [2.75, 3.05) is 24.8 Å². The summed E-state index contributed by atoms with van der Waals surface area (Å²) < 4.78 is 38.0. The van der Waals surface area contributed by atoms with Gasteiger partial charge in [-0.2, -0.15) is 14.6 Å². The lowest BCUT2D eigenvalue weighted by Crippen LogP contribution is -2.13. The van der Waals surface area contributed by atoms with E-state index in [0.717, 1.165) is 17.6 Å². The van der Waals surface area contributed by atoms with E-state index in [0.29, 0.717) is 42.5 Å². The van der Waals surface area contributed by atoms with E-state index in [2.05, 4.69) is 14.7 Å². The van der Waals surface area contributed by atoms with Gasteiger partial charge in [0.15, 0.2) is 0 Å². The monoisotopic (exact) mass is 498 g/mol. The zero-order valence-electron chi connectivity index (χ0n) is 18.5. The normalized spacial score (nSPS) is 11.5. The predicted molar refractivity (Wildman–Crippen MR) is 128 cm³/mol. The number of ether oxygens (including phenoxy) is 2. The van der Waals surface area contributed by atoms with Crippen molar-refractivity contribution < 1.29 is 22.7 Å². The highest BCUT2D eigenvalue weighted by Crippen LogP contribution is 2.19. The number of hydrogen-bond acceptors (Lipinski definition) is 9. The average Bonchev–Trinajstić information content (AvgIpc) is 3.28. The number of aryl methyl sites for hydroxylation is 1. The molecule has 0 spiro atoms. The van der Waals surface area contributed by atoms with Gasteiger partial charge in [-0.15, -0.1) is 0 Å². The Morgan fingerprint density at radius 1 is 1.15 bits per heavy atom. The molecule has 1 amide bonds. The van der Waals surface area contributed by atoms with Crippen LogP contribution >= 0.6 is 11.5 Å². The Morgan fingerprint density at radius 2 is 1.85 bits per heavy atom. The number of rotatable bonds is 10. The second kappa shape index (κ2) is 11.4. The summed E-state index contributed by atoms with van der Waals surface area (Å²) in [4.78, 5) is 16.1. The van der Waals surface area contributed by atoms with Crippen LogP contribution in [0.5, 0.6) is 11.5 Å². The molecule has 34 heavy (non-hydrogen) atoms. The van der Waals surface area contributed by atoms with E-state index in [1.807, 2.05) is 37.3 Å². The second-order valence-corrected chi connectivity index (χ2v) is 9.82. The largest absolute Gasteiger partial charge is 0.493 e. The van der Waals surface area contributed by atoms with Crippen molar-refractivity contribution in [3.8, 4) is 17.6 Å². The van der Waals surface area contributed by atoms with Crippen LogP contribution in [0.25, 0.3) is 6.08 Å². The average molecular weight is 499 g/mol. The second-order valence-electron chi connectivity index (χ2n) is 7.16. The van der Waals surface area contributed by atoms with Crippen molar-refractivity contribution in [1.29, 1.82) is 5.26 Å². The summed E-state index contributed by atoms with van der Waals surface area (Å²) >= 11 is 0.717. The SMILES string of the molecule is Cc1ccccc1OCCCOc1ccc(/C=C(/C#N)C(=O)Nc2nc(S(C)(=O)=O)ns2)cc1. The van der Waals surface area contributed by atoms with Crippen molar-refractivity contribution in [3.63, 3.8) is 0 Å². The molecule has 1 N–H and O–H groups in total. The van der Waals surface area contributed by atoms with Gasteiger partial charge in [0.25, 0.3) is 11.1 Å². The minimum atomic E-state index is -3.58. The molecule has 176 valence electrons. The van der Waals surface area contributed by atoms with Crippen LogP contribution in [0.1, 0.15) is 17.5 Å². The van der Waals surface area contributed by atoms with Gasteiger partial charge in [-0.25, -0.2) is 8.42 Å². The summed E-state index contributed by atoms with van der Waals surface area (Å²) in [6.07, 6.45) is 3.09. The smallest absolute Gasteiger partial charge is 0.268 e.